The van der Waals surface area contributed by atoms with Gasteiger partial charge in [0.05, 0.1) is 6.61 Å². The van der Waals surface area contributed by atoms with Crippen LogP contribution in [0.15, 0.2) is 0 Å². The lowest BCUT2D eigenvalue weighted by Gasteiger charge is -2.27. The Morgan fingerprint density at radius 3 is 2.53 bits per heavy atom. The quantitative estimate of drug-likeness (QED) is 0.300. The molecule has 15 heavy (non-hydrogen) atoms. The van der Waals surface area contributed by atoms with E-state index in [1.807, 2.05) is 0 Å². The van der Waals surface area contributed by atoms with Crippen molar-refractivity contribution >= 4 is 12.3 Å². The van der Waals surface area contributed by atoms with Gasteiger partial charge in [-0.15, -0.1) is 0 Å². The van der Waals surface area contributed by atoms with Gasteiger partial charge < -0.3 is 20.8 Å². The average molecular weight is 218 g/mol. The summed E-state index contributed by atoms with van der Waals surface area (Å²) in [7, 11) is 0. The zero-order valence-corrected chi connectivity index (χ0v) is 8.99. The fourth-order valence-electron chi connectivity index (χ4n) is 0.855. The van der Waals surface area contributed by atoms with Crippen molar-refractivity contribution in [3.63, 3.8) is 0 Å². The van der Waals surface area contributed by atoms with E-state index in [0.717, 1.165) is 0 Å². The number of carbonyl (C=O) groups is 2. The molecule has 0 aliphatic heterocycles. The molecule has 6 heteroatoms. The minimum atomic E-state index is -1.27. The predicted octanol–water partition coefficient (Wildman–Crippen LogP) is -1.77. The van der Waals surface area contributed by atoms with Crippen LogP contribution >= 0.6 is 0 Å². The molecule has 0 saturated heterocycles. The molecule has 0 rings (SSSR count). The van der Waals surface area contributed by atoms with Gasteiger partial charge >= 0.3 is 0 Å². The highest BCUT2D eigenvalue weighted by molar-refractivity contribution is 5.81. The fourth-order valence-corrected chi connectivity index (χ4v) is 0.855. The molecule has 0 spiro atoms. The molecule has 4 N–H and O–H groups in total. The van der Waals surface area contributed by atoms with E-state index in [4.69, 9.17) is 5.11 Å². The van der Waals surface area contributed by atoms with E-state index in [2.05, 4.69) is 10.6 Å². The number of rotatable bonds is 7. The number of aliphatic hydroxyl groups is 2. The molecule has 0 aromatic rings. The summed E-state index contributed by atoms with van der Waals surface area (Å²) in [6.07, 6.45) is -0.737. The van der Waals surface area contributed by atoms with Gasteiger partial charge in [0, 0.05) is 18.5 Å². The van der Waals surface area contributed by atoms with E-state index in [9.17, 15) is 14.7 Å². The maximum absolute atomic E-state index is 11.3. The van der Waals surface area contributed by atoms with Crippen LogP contribution in [0.3, 0.4) is 0 Å². The summed E-state index contributed by atoms with van der Waals surface area (Å²) < 4.78 is 0. The third kappa shape index (κ3) is 4.75. The summed E-state index contributed by atoms with van der Waals surface area (Å²) in [5.41, 5.74) is -0.873. The average Bonchev–Trinajstić information content (AvgIpc) is 2.23. The Morgan fingerprint density at radius 1 is 1.47 bits per heavy atom. The minimum absolute atomic E-state index is 0.246. The zero-order valence-electron chi connectivity index (χ0n) is 8.99. The topological polar surface area (TPSA) is 98.7 Å². The van der Waals surface area contributed by atoms with Crippen molar-refractivity contribution < 1.29 is 19.8 Å². The van der Waals surface area contributed by atoms with Crippen molar-refractivity contribution in [3.8, 4) is 0 Å². The molecular formula is C9H18N2O4. The lowest BCUT2D eigenvalue weighted by molar-refractivity contribution is -0.137. The van der Waals surface area contributed by atoms with Crippen LogP contribution in [0.4, 0.5) is 0 Å². The summed E-state index contributed by atoms with van der Waals surface area (Å²) in [6.45, 7) is 3.44. The molecule has 0 aliphatic rings. The van der Waals surface area contributed by atoms with Crippen LogP contribution in [-0.2, 0) is 9.59 Å². The van der Waals surface area contributed by atoms with E-state index >= 15 is 0 Å². The van der Waals surface area contributed by atoms with Gasteiger partial charge in [0.25, 0.3) is 0 Å². The van der Waals surface area contributed by atoms with Crippen molar-refractivity contribution in [2.45, 2.75) is 20.0 Å². The molecule has 0 heterocycles. The van der Waals surface area contributed by atoms with Crippen LogP contribution in [-0.4, -0.2) is 48.3 Å². The molecule has 6 nitrogen and oxygen atoms in total. The van der Waals surface area contributed by atoms with Gasteiger partial charge in [-0.1, -0.05) is 13.8 Å². The number of nitrogens with one attached hydrogen (secondary N) is 2. The molecule has 2 amide bonds. The number of hydrogen-bond donors (Lipinski definition) is 4. The Labute approximate surface area is 88.7 Å². The van der Waals surface area contributed by atoms with Crippen LogP contribution in [0.25, 0.3) is 0 Å². The Morgan fingerprint density at radius 2 is 2.07 bits per heavy atom. The fraction of sp³-hybridized carbons (Fsp3) is 0.778. The van der Waals surface area contributed by atoms with Crippen molar-refractivity contribution in [3.05, 3.63) is 0 Å². The van der Waals surface area contributed by atoms with Gasteiger partial charge in [-0.3, -0.25) is 9.59 Å². The first-order valence-electron chi connectivity index (χ1n) is 4.69. The first-order valence-corrected chi connectivity index (χ1v) is 4.69. The summed E-state index contributed by atoms with van der Waals surface area (Å²) in [4.78, 5) is 21.2. The Balaban J connectivity index is 3.94. The summed E-state index contributed by atoms with van der Waals surface area (Å²) >= 11 is 0. The van der Waals surface area contributed by atoms with Crippen LogP contribution in [0.5, 0.6) is 0 Å². The maximum Gasteiger partial charge on any atom is 0.249 e. The molecule has 1 atom stereocenters. The van der Waals surface area contributed by atoms with Crippen LogP contribution in [0.2, 0.25) is 0 Å². The normalized spacial score (nSPS) is 13.1. The van der Waals surface area contributed by atoms with E-state index in [-0.39, 0.29) is 13.2 Å². The largest absolute Gasteiger partial charge is 0.396 e. The standard InChI is InChI=1S/C9H18N2O4/c1-9(2,5-12)7(14)8(15)11-4-3-10-6-13/h6-7,12,14H,3-5H2,1-2H3,(H,10,13)(H,11,15). The lowest BCUT2D eigenvalue weighted by Crippen LogP contribution is -2.46. The van der Waals surface area contributed by atoms with Gasteiger partial charge in [-0.05, 0) is 0 Å². The zero-order chi connectivity index (χ0) is 11.9. The summed E-state index contributed by atoms with van der Waals surface area (Å²) in [5.74, 6) is -0.554. The van der Waals surface area contributed by atoms with Crippen molar-refractivity contribution in [2.75, 3.05) is 19.7 Å². The minimum Gasteiger partial charge on any atom is -0.396 e. The number of amides is 2. The van der Waals surface area contributed by atoms with Crippen molar-refractivity contribution in [2.24, 2.45) is 5.41 Å². The molecule has 0 aliphatic carbocycles. The predicted molar refractivity (Wildman–Crippen MR) is 54.0 cm³/mol. The number of aliphatic hydroxyl groups excluding tert-OH is 2. The lowest BCUT2D eigenvalue weighted by atomic mass is 9.87. The van der Waals surface area contributed by atoms with Crippen molar-refractivity contribution in [1.29, 1.82) is 0 Å². The van der Waals surface area contributed by atoms with E-state index < -0.39 is 17.4 Å². The molecule has 0 fully saturated rings. The smallest absolute Gasteiger partial charge is 0.249 e. The second-order valence-corrected chi connectivity index (χ2v) is 3.91. The SMILES string of the molecule is CC(C)(CO)C(O)C(=O)NCCNC=O. The van der Waals surface area contributed by atoms with Gasteiger partial charge in [0.2, 0.25) is 12.3 Å². The number of hydrogen-bond acceptors (Lipinski definition) is 4. The Bertz CT molecular complexity index is 218. The first kappa shape index (κ1) is 13.9. The van der Waals surface area contributed by atoms with Crippen LogP contribution < -0.4 is 10.6 Å². The molecule has 88 valence electrons. The molecule has 1 unspecified atom stereocenters. The second-order valence-electron chi connectivity index (χ2n) is 3.91. The van der Waals surface area contributed by atoms with Gasteiger partial charge in [0.15, 0.2) is 0 Å². The van der Waals surface area contributed by atoms with Gasteiger partial charge in [-0.25, -0.2) is 0 Å². The molecule has 0 aromatic carbocycles. The molecule has 0 radical (unpaired) electrons. The monoisotopic (exact) mass is 218 g/mol. The van der Waals surface area contributed by atoms with Crippen LogP contribution in [0.1, 0.15) is 13.8 Å². The first-order chi connectivity index (χ1) is 6.95. The van der Waals surface area contributed by atoms with E-state index in [0.29, 0.717) is 13.0 Å². The molecular weight excluding hydrogens is 200 g/mol. The summed E-state index contributed by atoms with van der Waals surface area (Å²) in [5, 5.41) is 23.3. The van der Waals surface area contributed by atoms with Gasteiger partial charge in [-0.2, -0.15) is 0 Å². The number of carbonyl (C=O) groups excluding carboxylic acids is 2. The Hall–Kier alpha value is -1.14. The second kappa shape index (κ2) is 6.36. The highest BCUT2D eigenvalue weighted by Gasteiger charge is 2.32. The van der Waals surface area contributed by atoms with Crippen LogP contribution in [0, 0.1) is 5.41 Å². The highest BCUT2D eigenvalue weighted by Crippen LogP contribution is 2.19. The Kier molecular flexibility index (Phi) is 5.88. The molecule has 0 saturated carbocycles. The van der Waals surface area contributed by atoms with E-state index in [1.54, 1.807) is 13.8 Å². The molecule has 0 bridgehead atoms. The maximum atomic E-state index is 11.3. The third-order valence-corrected chi connectivity index (χ3v) is 2.05. The van der Waals surface area contributed by atoms with E-state index in [1.165, 1.54) is 0 Å². The van der Waals surface area contributed by atoms with Crippen molar-refractivity contribution in [1.82, 2.24) is 10.6 Å². The third-order valence-electron chi connectivity index (χ3n) is 2.05. The molecule has 0 aromatic heterocycles. The highest BCUT2D eigenvalue weighted by atomic mass is 16.3. The van der Waals surface area contributed by atoms with Gasteiger partial charge in [0.1, 0.15) is 6.10 Å². The summed E-state index contributed by atoms with van der Waals surface area (Å²) in [6, 6.07) is 0.